The van der Waals surface area contributed by atoms with Crippen LogP contribution < -0.4 is 0 Å². The molecule has 0 aliphatic rings. The summed E-state index contributed by atoms with van der Waals surface area (Å²) >= 11 is 0. The van der Waals surface area contributed by atoms with E-state index >= 15 is 0 Å². The monoisotopic (exact) mass is 1340 g/mol. The van der Waals surface area contributed by atoms with Crippen LogP contribution in [0.1, 0.15) is 95.5 Å². The van der Waals surface area contributed by atoms with Crippen molar-refractivity contribution in [1.29, 1.82) is 0 Å². The zero-order chi connectivity index (χ0) is 51.0. The first kappa shape index (κ1) is 56.2. The van der Waals surface area contributed by atoms with E-state index in [2.05, 4.69) is 189 Å². The number of aromatic nitrogens is 6. The maximum absolute atomic E-state index is 4.81. The Morgan fingerprint density at radius 3 is 1.61 bits per heavy atom. The summed E-state index contributed by atoms with van der Waals surface area (Å²) in [7, 11) is 0. The number of hydrogen-bond acceptors (Lipinski definition) is 3. The molecule has 0 N–H and O–H groups in total. The molecule has 0 unspecified atom stereocenters. The summed E-state index contributed by atoms with van der Waals surface area (Å²) in [4.78, 5) is 13.9. The number of pyridine rings is 1. The largest absolute Gasteiger partial charge is 0.340 e. The third kappa shape index (κ3) is 12.4. The van der Waals surface area contributed by atoms with Crippen LogP contribution in [0.2, 0.25) is 0 Å². The summed E-state index contributed by atoms with van der Waals surface area (Å²) in [5.74, 6) is 1.88. The topological polar surface area (TPSA) is 52.9 Å². The van der Waals surface area contributed by atoms with Gasteiger partial charge in [-0.15, -0.1) is 101 Å². The number of aryl methyl sites for hydroxylation is 9. The summed E-state index contributed by atoms with van der Waals surface area (Å²) in [5, 5.41) is 3.52. The predicted octanol–water partition coefficient (Wildman–Crippen LogP) is 17.2. The van der Waals surface area contributed by atoms with Crippen molar-refractivity contribution in [3.8, 4) is 45.4 Å². The van der Waals surface area contributed by atoms with Crippen molar-refractivity contribution in [3.63, 3.8) is 0 Å². The van der Waals surface area contributed by atoms with Crippen molar-refractivity contribution in [3.05, 3.63) is 227 Å². The molecular weight excluding hydrogens is 1270 g/mol. The van der Waals surface area contributed by atoms with Gasteiger partial charge in [0.25, 0.3) is 0 Å². The van der Waals surface area contributed by atoms with Crippen molar-refractivity contribution in [2.45, 2.75) is 107 Å². The summed E-state index contributed by atoms with van der Waals surface area (Å²) in [6.45, 7) is 19.6. The fraction of sp³-hybridized carbons (Fsp3) is 0.239. The van der Waals surface area contributed by atoms with Gasteiger partial charge in [-0.3, -0.25) is 15.0 Å². The first-order chi connectivity index (χ1) is 35.5. The fourth-order valence-electron chi connectivity index (χ4n) is 10.7. The molecule has 0 spiro atoms. The molecule has 0 aliphatic heterocycles. The van der Waals surface area contributed by atoms with Crippen LogP contribution in [-0.4, -0.2) is 28.5 Å². The van der Waals surface area contributed by atoms with E-state index in [9.17, 15) is 0 Å². The summed E-state index contributed by atoms with van der Waals surface area (Å²) in [6.07, 6.45) is 19.0. The molecule has 4 aromatic heterocycles. The van der Waals surface area contributed by atoms with Crippen molar-refractivity contribution >= 4 is 27.3 Å². The van der Waals surface area contributed by atoms with Gasteiger partial charge in [0.1, 0.15) is 0 Å². The molecule has 4 heterocycles. The van der Waals surface area contributed by atoms with Gasteiger partial charge in [0, 0.05) is 93.6 Å². The molecule has 11 aromatic rings. The number of rotatable bonds is 12. The Morgan fingerprint density at radius 1 is 0.480 bits per heavy atom. The van der Waals surface area contributed by atoms with Gasteiger partial charge in [-0.05, 0) is 119 Å². The molecule has 2 radical (unpaired) electrons. The van der Waals surface area contributed by atoms with E-state index < -0.39 is 0 Å². The number of fused-ring (bicyclic) bond motifs is 6. The second-order valence-corrected chi connectivity index (χ2v) is 19.7. The Labute approximate surface area is 472 Å². The molecule has 8 heteroatoms. The first-order valence-corrected chi connectivity index (χ1v) is 26.0. The summed E-state index contributed by atoms with van der Waals surface area (Å²) in [5.41, 5.74) is 20.7. The molecule has 386 valence electrons. The SMILES string of the molecule is CCCCCCCCc1cc(C)c(-n2ccnc2-c2[c-]cccc2)c(C)c1.Cc1cc(C)c(-n2ccnc2-c2[c-]cccc2)c(C)c1.Cc1ccc2c(c1)c1ccc[c-]c1c1ncc(-c3c(C)cccc3C)n21.[Ir].[Ir]. The number of nitrogens with zero attached hydrogens (tertiary/aromatic N) is 6. The van der Waals surface area contributed by atoms with E-state index in [0.717, 1.165) is 39.5 Å². The van der Waals surface area contributed by atoms with Crippen molar-refractivity contribution in [2.24, 2.45) is 0 Å². The van der Waals surface area contributed by atoms with Crippen LogP contribution in [0.3, 0.4) is 0 Å². The number of hydrogen-bond donors (Lipinski definition) is 0. The fourth-order valence-corrected chi connectivity index (χ4v) is 10.7. The zero-order valence-electron chi connectivity index (χ0n) is 44.8. The van der Waals surface area contributed by atoms with Gasteiger partial charge in [-0.2, -0.15) is 0 Å². The molecule has 0 saturated carbocycles. The van der Waals surface area contributed by atoms with Crippen LogP contribution in [0.5, 0.6) is 0 Å². The van der Waals surface area contributed by atoms with E-state index in [4.69, 9.17) is 4.98 Å². The maximum atomic E-state index is 4.81. The second-order valence-electron chi connectivity index (χ2n) is 19.7. The minimum absolute atomic E-state index is 0. The molecule has 0 bridgehead atoms. The normalized spacial score (nSPS) is 10.9. The third-order valence-electron chi connectivity index (χ3n) is 13.9. The van der Waals surface area contributed by atoms with Gasteiger partial charge < -0.3 is 13.5 Å². The van der Waals surface area contributed by atoms with Crippen molar-refractivity contribution in [2.75, 3.05) is 0 Å². The third-order valence-corrected chi connectivity index (χ3v) is 13.9. The van der Waals surface area contributed by atoms with Crippen molar-refractivity contribution < 1.29 is 40.2 Å². The van der Waals surface area contributed by atoms with Crippen LogP contribution in [0.4, 0.5) is 0 Å². The van der Waals surface area contributed by atoms with E-state index in [1.165, 1.54) is 128 Å². The molecule has 7 aromatic carbocycles. The van der Waals surface area contributed by atoms with Crippen LogP contribution in [-0.2, 0) is 46.6 Å². The van der Waals surface area contributed by atoms with E-state index in [-0.39, 0.29) is 40.2 Å². The summed E-state index contributed by atoms with van der Waals surface area (Å²) in [6, 6.07) is 54.4. The molecule has 0 amide bonds. The minimum Gasteiger partial charge on any atom is -0.340 e. The molecule has 0 fully saturated rings. The number of unbranched alkanes of at least 4 members (excludes halogenated alkanes) is 5. The Kier molecular flexibility index (Phi) is 19.3. The Hall–Kier alpha value is -6.53. The van der Waals surface area contributed by atoms with Crippen LogP contribution >= 0.6 is 0 Å². The smallest absolute Gasteiger partial charge is 0.0639 e. The van der Waals surface area contributed by atoms with Gasteiger partial charge in [0.15, 0.2) is 0 Å². The van der Waals surface area contributed by atoms with Gasteiger partial charge in [0.2, 0.25) is 0 Å². The maximum Gasteiger partial charge on any atom is 0.0639 e. The summed E-state index contributed by atoms with van der Waals surface area (Å²) < 4.78 is 6.64. The molecule has 75 heavy (non-hydrogen) atoms. The van der Waals surface area contributed by atoms with E-state index in [1.54, 1.807) is 0 Å². The predicted molar refractivity (Wildman–Crippen MR) is 305 cm³/mol. The molecule has 0 aliphatic carbocycles. The first-order valence-electron chi connectivity index (χ1n) is 26.0. The molecular formula is C67H67Ir2N6-3. The molecule has 6 nitrogen and oxygen atoms in total. The second kappa shape index (κ2) is 25.8. The number of imidazole rings is 3. The molecule has 0 saturated heterocycles. The minimum atomic E-state index is 0. The standard InChI is InChI=1S/C25H31N2.C24H19N2.C18H17N2.2Ir/c1-4-5-6-7-8-10-13-22-18-20(2)24(21(3)19-22)27-17-16-26-25(27)23-14-11-9-12-15-23;1-15-11-12-21-20(13-15)18-9-4-5-10-19(18)24-25-14-22(26(21)24)23-16(2)7-6-8-17(23)3;1-13-11-14(2)17(15(3)12-13)20-10-9-19-18(20)16-7-5-4-6-8-16;;/h9,11-12,14,16-19H,4-8,10,13H2,1-3H3;4-9,11-14H,1-3H3;4-7,9-12H,1-3H3;;/q3*-1;;. The van der Waals surface area contributed by atoms with Crippen molar-refractivity contribution in [1.82, 2.24) is 28.5 Å². The van der Waals surface area contributed by atoms with Gasteiger partial charge >= 0.3 is 0 Å². The molecule has 11 rings (SSSR count). The Morgan fingerprint density at radius 2 is 1.04 bits per heavy atom. The molecule has 0 atom stereocenters. The Balaban J connectivity index is 0.000000164. The van der Waals surface area contributed by atoms with E-state index in [0.29, 0.717) is 0 Å². The quantitative estimate of drug-likeness (QED) is 0.0696. The number of benzene rings is 7. The van der Waals surface area contributed by atoms with Gasteiger partial charge in [-0.1, -0.05) is 110 Å². The van der Waals surface area contributed by atoms with Gasteiger partial charge in [-0.25, -0.2) is 0 Å². The average Bonchev–Trinajstić information content (AvgIpc) is 4.18. The Bertz CT molecular complexity index is 3590. The van der Waals surface area contributed by atoms with Gasteiger partial charge in [0.05, 0.1) is 23.0 Å². The van der Waals surface area contributed by atoms with Crippen LogP contribution in [0.15, 0.2) is 158 Å². The average molecular weight is 1340 g/mol. The van der Waals surface area contributed by atoms with Crippen LogP contribution in [0, 0.1) is 73.6 Å². The van der Waals surface area contributed by atoms with E-state index in [1.807, 2.05) is 73.3 Å². The zero-order valence-corrected chi connectivity index (χ0v) is 49.6. The van der Waals surface area contributed by atoms with Crippen LogP contribution in [0.25, 0.3) is 72.7 Å².